The molecule has 5 atom stereocenters. The summed E-state index contributed by atoms with van der Waals surface area (Å²) < 4.78 is 28.0. The zero-order valence-electron chi connectivity index (χ0n) is 25.3. The third kappa shape index (κ3) is 8.38. The van der Waals surface area contributed by atoms with Gasteiger partial charge in [0.05, 0.1) is 12.1 Å². The van der Waals surface area contributed by atoms with Crippen LogP contribution in [0.15, 0.2) is 36.4 Å². The molecule has 4 rings (SSSR count). The van der Waals surface area contributed by atoms with Crippen LogP contribution in [0.5, 0.6) is 0 Å². The lowest BCUT2D eigenvalue weighted by atomic mass is 9.80. The number of hydrogen-bond donors (Lipinski definition) is 3. The predicted octanol–water partition coefficient (Wildman–Crippen LogP) is 5.80. The normalized spacial score (nSPS) is 21.4. The lowest BCUT2D eigenvalue weighted by molar-refractivity contribution is 0.0755. The van der Waals surface area contributed by atoms with Crippen LogP contribution in [0.3, 0.4) is 0 Å². The van der Waals surface area contributed by atoms with E-state index in [2.05, 4.69) is 10.6 Å². The van der Waals surface area contributed by atoms with Gasteiger partial charge in [0.2, 0.25) is 0 Å². The van der Waals surface area contributed by atoms with Crippen LogP contribution in [0.2, 0.25) is 0 Å². The number of amides is 2. The number of rotatable bonds is 13. The molecule has 2 aliphatic carbocycles. The van der Waals surface area contributed by atoms with Crippen LogP contribution in [0.4, 0.5) is 8.78 Å². The van der Waals surface area contributed by atoms with Crippen LogP contribution >= 0.6 is 0 Å². The number of fused-ring (bicyclic) bond motifs is 1. The zero-order valence-corrected chi connectivity index (χ0v) is 25.3. The molecule has 2 aliphatic rings. The molecule has 0 bridgehead atoms. The first-order chi connectivity index (χ1) is 20.2. The lowest BCUT2D eigenvalue weighted by Crippen LogP contribution is -2.50. The average Bonchev–Trinajstić information content (AvgIpc) is 3.37. The third-order valence-corrected chi connectivity index (χ3v) is 8.94. The second-order valence-electron chi connectivity index (χ2n) is 12.3. The van der Waals surface area contributed by atoms with E-state index in [9.17, 15) is 23.5 Å². The first-order valence-corrected chi connectivity index (χ1v) is 15.8. The smallest absolute Gasteiger partial charge is 0.253 e. The van der Waals surface area contributed by atoms with E-state index in [4.69, 9.17) is 0 Å². The summed E-state index contributed by atoms with van der Waals surface area (Å²) in [6, 6.07) is 7.87. The lowest BCUT2D eigenvalue weighted by Gasteiger charge is -2.31. The summed E-state index contributed by atoms with van der Waals surface area (Å²) in [5, 5.41) is 17.8. The van der Waals surface area contributed by atoms with Crippen molar-refractivity contribution in [3.05, 3.63) is 70.3 Å². The highest BCUT2D eigenvalue weighted by atomic mass is 19.1. The highest BCUT2D eigenvalue weighted by Gasteiger charge is 2.37. The fourth-order valence-electron chi connectivity index (χ4n) is 6.99. The Morgan fingerprint density at radius 3 is 2.29 bits per heavy atom. The fraction of sp³-hybridized carbons (Fsp3) is 0.588. The Hall–Kier alpha value is -2.84. The van der Waals surface area contributed by atoms with Crippen LogP contribution in [-0.4, -0.2) is 59.6 Å². The van der Waals surface area contributed by atoms with Gasteiger partial charge in [-0.15, -0.1) is 0 Å². The maximum Gasteiger partial charge on any atom is 0.253 e. The minimum Gasteiger partial charge on any atom is -0.390 e. The van der Waals surface area contributed by atoms with Crippen molar-refractivity contribution in [1.82, 2.24) is 15.5 Å². The minimum atomic E-state index is -0.988. The molecule has 230 valence electrons. The van der Waals surface area contributed by atoms with Gasteiger partial charge < -0.3 is 20.6 Å². The summed E-state index contributed by atoms with van der Waals surface area (Å²) in [4.78, 5) is 28.6. The number of nitrogens with zero attached hydrogens (tertiary/aromatic N) is 1. The largest absolute Gasteiger partial charge is 0.390 e. The van der Waals surface area contributed by atoms with E-state index in [0.29, 0.717) is 41.7 Å². The number of carbonyl (C=O) groups is 2. The van der Waals surface area contributed by atoms with Crippen molar-refractivity contribution in [2.75, 3.05) is 19.6 Å². The quantitative estimate of drug-likeness (QED) is 0.279. The fourth-order valence-corrected chi connectivity index (χ4v) is 6.99. The van der Waals surface area contributed by atoms with Gasteiger partial charge in [0.1, 0.15) is 11.6 Å². The van der Waals surface area contributed by atoms with Crippen molar-refractivity contribution in [2.45, 2.75) is 96.7 Å². The standard InChI is InChI=1S/C34H47F2N3O3/c1-4-12-39(13-5-2)34(42)26-15-22(3)14-25(19-26)33(41)38-31(18-23-16-27(35)20-28(36)17-23)32(40)21-37-30-11-10-24-8-6-7-9-29(24)30/h14-17,19-20,24,29-32,37,40H,4-13,18,21H2,1-3H3,(H,38,41)/t24?,29-,30+,31+,32-/m1/s1. The van der Waals surface area contributed by atoms with Crippen LogP contribution in [0, 0.1) is 30.4 Å². The molecule has 0 aromatic heterocycles. The van der Waals surface area contributed by atoms with Crippen LogP contribution < -0.4 is 10.6 Å². The molecule has 0 saturated heterocycles. The van der Waals surface area contributed by atoms with Gasteiger partial charge in [-0.25, -0.2) is 8.78 Å². The number of hydrogen-bond acceptors (Lipinski definition) is 4. The highest BCUT2D eigenvalue weighted by molar-refractivity contribution is 6.00. The van der Waals surface area contributed by atoms with E-state index < -0.39 is 29.7 Å². The molecular weight excluding hydrogens is 536 g/mol. The van der Waals surface area contributed by atoms with Gasteiger partial charge in [-0.2, -0.15) is 0 Å². The summed E-state index contributed by atoms with van der Waals surface area (Å²) in [6.07, 6.45) is 8.00. The molecule has 2 saturated carbocycles. The molecular formula is C34H47F2N3O3. The molecule has 2 amide bonds. The molecule has 0 radical (unpaired) electrons. The molecule has 0 spiro atoms. The van der Waals surface area contributed by atoms with E-state index in [-0.39, 0.29) is 18.9 Å². The minimum absolute atomic E-state index is 0.0539. The molecule has 6 nitrogen and oxygen atoms in total. The van der Waals surface area contributed by atoms with Crippen molar-refractivity contribution in [3.63, 3.8) is 0 Å². The average molecular weight is 584 g/mol. The summed E-state index contributed by atoms with van der Waals surface area (Å²) >= 11 is 0. The maximum atomic E-state index is 14.0. The summed E-state index contributed by atoms with van der Waals surface area (Å²) in [5.41, 5.74) is 1.87. The van der Waals surface area contributed by atoms with E-state index in [1.54, 1.807) is 23.1 Å². The highest BCUT2D eigenvalue weighted by Crippen LogP contribution is 2.42. The number of benzene rings is 2. The summed E-state index contributed by atoms with van der Waals surface area (Å²) in [7, 11) is 0. The summed E-state index contributed by atoms with van der Waals surface area (Å²) in [6.45, 7) is 7.42. The monoisotopic (exact) mass is 583 g/mol. The third-order valence-electron chi connectivity index (χ3n) is 8.94. The molecule has 2 fully saturated rings. The Morgan fingerprint density at radius 2 is 1.60 bits per heavy atom. The molecule has 8 heteroatoms. The van der Waals surface area contributed by atoms with Crippen molar-refractivity contribution in [3.8, 4) is 0 Å². The summed E-state index contributed by atoms with van der Waals surface area (Å²) in [5.74, 6) is -0.628. The molecule has 1 unspecified atom stereocenters. The van der Waals surface area contributed by atoms with Crippen molar-refractivity contribution in [2.24, 2.45) is 11.8 Å². The van der Waals surface area contributed by atoms with Gasteiger partial charge in [0.25, 0.3) is 11.8 Å². The topological polar surface area (TPSA) is 81.7 Å². The van der Waals surface area contributed by atoms with Gasteiger partial charge in [-0.1, -0.05) is 33.1 Å². The molecule has 2 aromatic rings. The second-order valence-corrected chi connectivity index (χ2v) is 12.3. The van der Waals surface area contributed by atoms with E-state index >= 15 is 0 Å². The van der Waals surface area contributed by atoms with Gasteiger partial charge in [0, 0.05) is 42.9 Å². The molecule has 42 heavy (non-hydrogen) atoms. The maximum absolute atomic E-state index is 14.0. The van der Waals surface area contributed by atoms with E-state index in [1.165, 1.54) is 44.2 Å². The van der Waals surface area contributed by atoms with Crippen LogP contribution in [0.1, 0.15) is 97.1 Å². The number of nitrogens with one attached hydrogen (secondary N) is 2. The zero-order chi connectivity index (χ0) is 30.2. The van der Waals surface area contributed by atoms with E-state index in [0.717, 1.165) is 36.8 Å². The number of aryl methyl sites for hydroxylation is 1. The molecule has 0 aliphatic heterocycles. The Bertz CT molecular complexity index is 1200. The van der Waals surface area contributed by atoms with Crippen LogP contribution in [-0.2, 0) is 6.42 Å². The van der Waals surface area contributed by atoms with Gasteiger partial charge >= 0.3 is 0 Å². The molecule has 2 aromatic carbocycles. The first-order valence-electron chi connectivity index (χ1n) is 15.8. The number of carbonyl (C=O) groups excluding carboxylic acids is 2. The first kappa shape index (κ1) is 32.1. The number of aliphatic hydroxyl groups is 1. The van der Waals surface area contributed by atoms with Crippen LogP contribution in [0.25, 0.3) is 0 Å². The van der Waals surface area contributed by atoms with Crippen molar-refractivity contribution < 1.29 is 23.5 Å². The van der Waals surface area contributed by atoms with Gasteiger partial charge in [0.15, 0.2) is 0 Å². The Balaban J connectivity index is 1.51. The Labute approximate surface area is 249 Å². The van der Waals surface area contributed by atoms with Crippen molar-refractivity contribution in [1.29, 1.82) is 0 Å². The molecule has 3 N–H and O–H groups in total. The SMILES string of the molecule is CCCN(CCC)C(=O)c1cc(C)cc(C(=O)N[C@@H](Cc2cc(F)cc(F)c2)[C@H](O)CN[C@H]2CCC3CCCC[C@H]32)c1. The molecule has 0 heterocycles. The number of halogens is 2. The second kappa shape index (κ2) is 15.1. The van der Waals surface area contributed by atoms with E-state index in [1.807, 2.05) is 20.8 Å². The van der Waals surface area contributed by atoms with Gasteiger partial charge in [-0.3, -0.25) is 9.59 Å². The number of aliphatic hydroxyl groups excluding tert-OH is 1. The Morgan fingerprint density at radius 1 is 0.929 bits per heavy atom. The predicted molar refractivity (Wildman–Crippen MR) is 161 cm³/mol. The van der Waals surface area contributed by atoms with Gasteiger partial charge in [-0.05, 0) is 98.7 Å². The van der Waals surface area contributed by atoms with Crippen molar-refractivity contribution >= 4 is 11.8 Å². The Kier molecular flexibility index (Phi) is 11.5.